The van der Waals surface area contributed by atoms with Gasteiger partial charge in [-0.05, 0) is 66.3 Å². The number of methoxy groups -OCH3 is 1. The van der Waals surface area contributed by atoms with Gasteiger partial charge in [0.1, 0.15) is 11.5 Å². The summed E-state index contributed by atoms with van der Waals surface area (Å²) in [4.78, 5) is 15.1. The first-order valence-electron chi connectivity index (χ1n) is 10.5. The van der Waals surface area contributed by atoms with Gasteiger partial charge in [-0.25, -0.2) is 22.9 Å². The lowest BCUT2D eigenvalue weighted by Gasteiger charge is -2.27. The minimum absolute atomic E-state index is 0.0699. The number of carboxylic acids is 1. The molecule has 1 aromatic heterocycles. The minimum Gasteiger partial charge on any atom is -0.497 e. The van der Waals surface area contributed by atoms with Gasteiger partial charge >= 0.3 is 5.97 Å². The van der Waals surface area contributed by atoms with Gasteiger partial charge < -0.3 is 14.6 Å². The molecule has 0 radical (unpaired) electrons. The van der Waals surface area contributed by atoms with Crippen molar-refractivity contribution in [3.05, 3.63) is 71.9 Å². The lowest BCUT2D eigenvalue weighted by molar-refractivity contribution is -0.139. The van der Waals surface area contributed by atoms with Crippen molar-refractivity contribution in [2.24, 2.45) is 0 Å². The SMILES string of the molecule is COc1cccc(-c2ccc(S(=O)(=O)NC3CCCc4c(OCC(=O)O)cccc43)nc2)c1. The van der Waals surface area contributed by atoms with E-state index >= 15 is 0 Å². The third-order valence-electron chi connectivity index (χ3n) is 5.53. The molecule has 1 heterocycles. The molecule has 8 nitrogen and oxygen atoms in total. The van der Waals surface area contributed by atoms with Crippen LogP contribution in [0.5, 0.6) is 11.5 Å². The average Bonchev–Trinajstić information content (AvgIpc) is 2.83. The molecule has 0 saturated carbocycles. The quantitative estimate of drug-likeness (QED) is 0.519. The number of carbonyl (C=O) groups is 1. The van der Waals surface area contributed by atoms with E-state index < -0.39 is 28.6 Å². The first-order chi connectivity index (χ1) is 15.9. The Morgan fingerprint density at radius 3 is 2.70 bits per heavy atom. The lowest BCUT2D eigenvalue weighted by atomic mass is 9.87. The van der Waals surface area contributed by atoms with E-state index in [0.717, 1.165) is 28.7 Å². The van der Waals surface area contributed by atoms with E-state index in [4.69, 9.17) is 14.6 Å². The molecule has 0 aliphatic heterocycles. The Hall–Kier alpha value is -3.43. The summed E-state index contributed by atoms with van der Waals surface area (Å²) < 4.78 is 39.5. The van der Waals surface area contributed by atoms with Gasteiger partial charge in [0, 0.05) is 17.8 Å². The molecule has 3 aromatic rings. The normalized spacial score (nSPS) is 15.5. The topological polar surface area (TPSA) is 115 Å². The first kappa shape index (κ1) is 22.8. The zero-order chi connectivity index (χ0) is 23.4. The molecule has 9 heteroatoms. The molecule has 1 unspecified atom stereocenters. The smallest absolute Gasteiger partial charge is 0.341 e. The number of ether oxygens (including phenoxy) is 2. The van der Waals surface area contributed by atoms with Crippen LogP contribution < -0.4 is 14.2 Å². The van der Waals surface area contributed by atoms with Crippen LogP contribution in [0, 0.1) is 0 Å². The van der Waals surface area contributed by atoms with Crippen molar-refractivity contribution in [1.29, 1.82) is 0 Å². The van der Waals surface area contributed by atoms with Gasteiger partial charge in [-0.3, -0.25) is 0 Å². The summed E-state index contributed by atoms with van der Waals surface area (Å²) in [5.41, 5.74) is 3.27. The fraction of sp³-hybridized carbons (Fsp3) is 0.250. The third kappa shape index (κ3) is 5.15. The second-order valence-corrected chi connectivity index (χ2v) is 9.35. The Labute approximate surface area is 192 Å². The zero-order valence-corrected chi connectivity index (χ0v) is 18.8. The van der Waals surface area contributed by atoms with E-state index in [1.807, 2.05) is 30.3 Å². The fourth-order valence-corrected chi connectivity index (χ4v) is 5.15. The van der Waals surface area contributed by atoms with Gasteiger partial charge in [0.2, 0.25) is 0 Å². The van der Waals surface area contributed by atoms with Crippen molar-refractivity contribution in [2.45, 2.75) is 30.3 Å². The number of benzene rings is 2. The lowest BCUT2D eigenvalue weighted by Crippen LogP contribution is -2.31. The molecule has 0 amide bonds. The number of aliphatic carboxylic acids is 1. The molecule has 0 fully saturated rings. The number of pyridine rings is 1. The van der Waals surface area contributed by atoms with Gasteiger partial charge in [0.25, 0.3) is 10.0 Å². The highest BCUT2D eigenvalue weighted by Gasteiger charge is 2.28. The molecular weight excluding hydrogens is 444 g/mol. The number of sulfonamides is 1. The molecule has 2 N–H and O–H groups in total. The molecule has 1 aliphatic carbocycles. The van der Waals surface area contributed by atoms with Crippen LogP contribution in [0.25, 0.3) is 11.1 Å². The second-order valence-electron chi connectivity index (χ2n) is 7.69. The monoisotopic (exact) mass is 468 g/mol. The van der Waals surface area contributed by atoms with Crippen LogP contribution in [-0.2, 0) is 21.2 Å². The second kappa shape index (κ2) is 9.60. The molecule has 2 aromatic carbocycles. The van der Waals surface area contributed by atoms with Gasteiger partial charge in [-0.2, -0.15) is 0 Å². The molecule has 1 aliphatic rings. The highest BCUT2D eigenvalue weighted by molar-refractivity contribution is 7.89. The highest BCUT2D eigenvalue weighted by atomic mass is 32.2. The maximum Gasteiger partial charge on any atom is 0.341 e. The average molecular weight is 469 g/mol. The van der Waals surface area contributed by atoms with Gasteiger partial charge in [0.05, 0.1) is 7.11 Å². The molecule has 4 rings (SSSR count). The Morgan fingerprint density at radius 2 is 1.97 bits per heavy atom. The third-order valence-corrected chi connectivity index (χ3v) is 6.91. The van der Waals surface area contributed by atoms with Crippen LogP contribution in [0.3, 0.4) is 0 Å². The Morgan fingerprint density at radius 1 is 1.15 bits per heavy atom. The number of rotatable bonds is 8. The van der Waals surface area contributed by atoms with Crippen LogP contribution >= 0.6 is 0 Å². The molecule has 0 bridgehead atoms. The van der Waals surface area contributed by atoms with E-state index in [1.165, 1.54) is 12.3 Å². The summed E-state index contributed by atoms with van der Waals surface area (Å²) in [6.07, 6.45) is 3.58. The molecular formula is C24H24N2O6S. The number of hydrogen-bond donors (Lipinski definition) is 2. The number of fused-ring (bicyclic) bond motifs is 1. The van der Waals surface area contributed by atoms with Crippen molar-refractivity contribution in [3.8, 4) is 22.6 Å². The fourth-order valence-electron chi connectivity index (χ4n) is 3.97. The van der Waals surface area contributed by atoms with Gasteiger partial charge in [-0.15, -0.1) is 0 Å². The highest BCUT2D eigenvalue weighted by Crippen LogP contribution is 2.36. The van der Waals surface area contributed by atoms with Crippen molar-refractivity contribution >= 4 is 16.0 Å². The predicted molar refractivity (Wildman–Crippen MR) is 122 cm³/mol. The Bertz CT molecular complexity index is 1260. The molecule has 172 valence electrons. The summed E-state index contributed by atoms with van der Waals surface area (Å²) in [5, 5.41) is 8.83. The summed E-state index contributed by atoms with van der Waals surface area (Å²) in [6.45, 7) is -0.448. The van der Waals surface area contributed by atoms with Crippen molar-refractivity contribution in [2.75, 3.05) is 13.7 Å². The number of hydrogen-bond acceptors (Lipinski definition) is 6. The van der Waals surface area contributed by atoms with E-state index in [-0.39, 0.29) is 5.03 Å². The van der Waals surface area contributed by atoms with Crippen LogP contribution in [-0.4, -0.2) is 38.2 Å². The Balaban J connectivity index is 1.55. The van der Waals surface area contributed by atoms with E-state index in [9.17, 15) is 13.2 Å². The molecule has 1 atom stereocenters. The Kier molecular flexibility index (Phi) is 6.62. The molecule has 0 saturated heterocycles. The molecule has 33 heavy (non-hydrogen) atoms. The first-order valence-corrected chi connectivity index (χ1v) is 11.9. The van der Waals surface area contributed by atoms with Gasteiger partial charge in [0.15, 0.2) is 11.6 Å². The number of aromatic nitrogens is 1. The number of nitrogens with zero attached hydrogens (tertiary/aromatic N) is 1. The summed E-state index contributed by atoms with van der Waals surface area (Å²) in [6, 6.07) is 15.5. The van der Waals surface area contributed by atoms with Crippen molar-refractivity contribution in [3.63, 3.8) is 0 Å². The van der Waals surface area contributed by atoms with Crippen LogP contribution in [0.2, 0.25) is 0 Å². The summed E-state index contributed by atoms with van der Waals surface area (Å²) in [7, 11) is -2.29. The van der Waals surface area contributed by atoms with Gasteiger partial charge in [-0.1, -0.05) is 24.3 Å². The van der Waals surface area contributed by atoms with Crippen LogP contribution in [0.15, 0.2) is 65.8 Å². The number of nitrogens with one attached hydrogen (secondary N) is 1. The summed E-state index contributed by atoms with van der Waals surface area (Å²) in [5.74, 6) is 0.109. The zero-order valence-electron chi connectivity index (χ0n) is 18.0. The maximum absolute atomic E-state index is 13.1. The minimum atomic E-state index is -3.87. The maximum atomic E-state index is 13.1. The standard InChI is InChI=1S/C24H24N2O6S/c1-31-18-6-2-5-16(13-18)17-11-12-23(25-14-17)33(29,30)26-21-9-3-8-20-19(21)7-4-10-22(20)32-15-24(27)28/h2,4-7,10-14,21,26H,3,8-9,15H2,1H3,(H,27,28). The van der Waals surface area contributed by atoms with Crippen LogP contribution in [0.4, 0.5) is 0 Å². The van der Waals surface area contributed by atoms with Crippen molar-refractivity contribution in [1.82, 2.24) is 9.71 Å². The van der Waals surface area contributed by atoms with E-state index in [0.29, 0.717) is 24.3 Å². The predicted octanol–water partition coefficient (Wildman–Crippen LogP) is 3.58. The number of carboxylic acid groups (broad SMARTS) is 1. The summed E-state index contributed by atoms with van der Waals surface area (Å²) >= 11 is 0. The van der Waals surface area contributed by atoms with E-state index in [2.05, 4.69) is 9.71 Å². The van der Waals surface area contributed by atoms with Crippen LogP contribution in [0.1, 0.15) is 30.0 Å². The van der Waals surface area contributed by atoms with E-state index in [1.54, 1.807) is 25.3 Å². The van der Waals surface area contributed by atoms with Crippen molar-refractivity contribution < 1.29 is 27.8 Å². The molecule has 0 spiro atoms. The largest absolute Gasteiger partial charge is 0.497 e.